The summed E-state index contributed by atoms with van der Waals surface area (Å²) in [6.45, 7) is 7.68. The van der Waals surface area contributed by atoms with Crippen molar-refractivity contribution in [3.8, 4) is 0 Å². The molecule has 2 amide bonds. The quantitative estimate of drug-likeness (QED) is 0.505. The zero-order chi connectivity index (χ0) is 19.8. The number of ether oxygens (including phenoxy) is 2. The molecule has 0 bridgehead atoms. The number of hydrogen-bond acceptors (Lipinski definition) is 4. The molecule has 1 fully saturated rings. The Hall–Kier alpha value is -1.50. The van der Waals surface area contributed by atoms with Crippen LogP contribution >= 0.6 is 23.2 Å². The lowest BCUT2D eigenvalue weighted by atomic mass is 9.90. The molecule has 1 atom stereocenters. The molecular formula is C19H24Cl2N2O4. The number of rotatable bonds is 1. The number of morpholine rings is 1. The first-order valence-corrected chi connectivity index (χ1v) is 9.74. The Morgan fingerprint density at radius 3 is 2.67 bits per heavy atom. The maximum Gasteiger partial charge on any atom is 0.410 e. The van der Waals surface area contributed by atoms with Crippen LogP contribution in [0.25, 0.3) is 0 Å². The minimum atomic E-state index is -0.588. The molecule has 1 aromatic rings. The van der Waals surface area contributed by atoms with Gasteiger partial charge in [0.2, 0.25) is 0 Å². The van der Waals surface area contributed by atoms with E-state index in [-0.39, 0.29) is 12.1 Å². The minimum Gasteiger partial charge on any atom is -0.444 e. The summed E-state index contributed by atoms with van der Waals surface area (Å²) >= 11 is 12.0. The second-order valence-corrected chi connectivity index (χ2v) is 8.58. The number of fused-ring (bicyclic) bond motifs is 1. The molecule has 3 rings (SSSR count). The molecule has 2 aliphatic rings. The van der Waals surface area contributed by atoms with Gasteiger partial charge in [0.15, 0.2) is 0 Å². The SMILES string of the molecule is CC(C)(C)OC(=O)N1CCOC[C@H]1c1cc(Cl)cc2c1CN(C(=O)Cl)CC2. The van der Waals surface area contributed by atoms with Crippen molar-refractivity contribution in [2.45, 2.75) is 45.4 Å². The zero-order valence-corrected chi connectivity index (χ0v) is 17.3. The summed E-state index contributed by atoms with van der Waals surface area (Å²) in [7, 11) is 0. The third-order valence-corrected chi connectivity index (χ3v) is 5.16. The molecule has 2 heterocycles. The average molecular weight is 415 g/mol. The number of carbonyl (C=O) groups excluding carboxylic acids is 2. The summed E-state index contributed by atoms with van der Waals surface area (Å²) in [6.07, 6.45) is 0.284. The molecule has 0 saturated carbocycles. The van der Waals surface area contributed by atoms with Crippen molar-refractivity contribution < 1.29 is 19.1 Å². The van der Waals surface area contributed by atoms with Gasteiger partial charge in [0.05, 0.1) is 19.3 Å². The Bertz CT molecular complexity index is 748. The van der Waals surface area contributed by atoms with Gasteiger partial charge in [-0.3, -0.25) is 9.69 Å². The second-order valence-electron chi connectivity index (χ2n) is 7.82. The van der Waals surface area contributed by atoms with Crippen molar-refractivity contribution in [3.63, 3.8) is 0 Å². The third kappa shape index (κ3) is 4.68. The molecule has 6 nitrogen and oxygen atoms in total. The van der Waals surface area contributed by atoms with Crippen LogP contribution in [0.3, 0.4) is 0 Å². The fraction of sp³-hybridized carbons (Fsp3) is 0.579. The number of carbonyl (C=O) groups is 2. The summed E-state index contributed by atoms with van der Waals surface area (Å²) in [5.74, 6) is 0. The topological polar surface area (TPSA) is 59.1 Å². The first-order valence-electron chi connectivity index (χ1n) is 8.98. The summed E-state index contributed by atoms with van der Waals surface area (Å²) in [6, 6.07) is 3.43. The van der Waals surface area contributed by atoms with Crippen molar-refractivity contribution in [1.82, 2.24) is 9.80 Å². The maximum atomic E-state index is 12.8. The van der Waals surface area contributed by atoms with Crippen LogP contribution in [-0.4, -0.2) is 53.2 Å². The van der Waals surface area contributed by atoms with Crippen LogP contribution in [0.2, 0.25) is 5.02 Å². The zero-order valence-electron chi connectivity index (χ0n) is 15.8. The van der Waals surface area contributed by atoms with E-state index in [1.54, 1.807) is 9.80 Å². The summed E-state index contributed by atoms with van der Waals surface area (Å²) < 4.78 is 11.2. The van der Waals surface area contributed by atoms with Crippen LogP contribution in [-0.2, 0) is 22.4 Å². The van der Waals surface area contributed by atoms with E-state index in [9.17, 15) is 9.59 Å². The number of nitrogens with zero attached hydrogens (tertiary/aromatic N) is 2. The van der Waals surface area contributed by atoms with E-state index in [0.717, 1.165) is 16.7 Å². The van der Waals surface area contributed by atoms with E-state index in [0.29, 0.717) is 44.3 Å². The fourth-order valence-corrected chi connectivity index (χ4v) is 3.90. The Balaban J connectivity index is 1.97. The molecule has 0 unspecified atom stereocenters. The monoisotopic (exact) mass is 414 g/mol. The molecule has 0 aromatic heterocycles. The van der Waals surface area contributed by atoms with Crippen molar-refractivity contribution in [2.75, 3.05) is 26.3 Å². The van der Waals surface area contributed by atoms with E-state index < -0.39 is 11.0 Å². The van der Waals surface area contributed by atoms with Gasteiger partial charge in [0.25, 0.3) is 0 Å². The minimum absolute atomic E-state index is 0.327. The van der Waals surface area contributed by atoms with Gasteiger partial charge in [0, 0.05) is 24.7 Å². The van der Waals surface area contributed by atoms with Crippen molar-refractivity contribution in [2.24, 2.45) is 0 Å². The van der Waals surface area contributed by atoms with Gasteiger partial charge in [-0.2, -0.15) is 0 Å². The van der Waals surface area contributed by atoms with Gasteiger partial charge in [-0.25, -0.2) is 4.79 Å². The third-order valence-electron chi connectivity index (χ3n) is 4.71. The summed E-state index contributed by atoms with van der Waals surface area (Å²) in [5, 5.41) is 0.120. The molecule has 148 valence electrons. The van der Waals surface area contributed by atoms with Gasteiger partial charge < -0.3 is 14.4 Å². The summed E-state index contributed by atoms with van der Waals surface area (Å²) in [4.78, 5) is 27.7. The molecule has 8 heteroatoms. The lowest BCUT2D eigenvalue weighted by Gasteiger charge is -2.39. The molecule has 0 radical (unpaired) electrons. The van der Waals surface area contributed by atoms with Gasteiger partial charge in [-0.15, -0.1) is 0 Å². The highest BCUT2D eigenvalue weighted by molar-refractivity contribution is 6.62. The van der Waals surface area contributed by atoms with E-state index in [1.165, 1.54) is 0 Å². The van der Waals surface area contributed by atoms with Gasteiger partial charge in [0.1, 0.15) is 5.60 Å². The van der Waals surface area contributed by atoms with E-state index in [1.807, 2.05) is 32.9 Å². The number of amides is 2. The van der Waals surface area contributed by atoms with Crippen LogP contribution in [0, 0.1) is 0 Å². The Kier molecular flexibility index (Phi) is 5.89. The standard InChI is InChI=1S/C19H24Cl2N2O4/c1-19(2,3)27-18(25)23-6-7-26-11-16(23)14-9-13(20)8-12-4-5-22(17(21)24)10-15(12)14/h8-9,16H,4-7,10-11H2,1-3H3/t16-/m0/s1. The highest BCUT2D eigenvalue weighted by Gasteiger charge is 2.35. The predicted octanol–water partition coefficient (Wildman–Crippen LogP) is 4.37. The van der Waals surface area contributed by atoms with Crippen LogP contribution < -0.4 is 0 Å². The van der Waals surface area contributed by atoms with E-state index in [2.05, 4.69) is 0 Å². The smallest absolute Gasteiger partial charge is 0.410 e. The largest absolute Gasteiger partial charge is 0.444 e. The number of hydrogen-bond donors (Lipinski definition) is 0. The molecule has 0 N–H and O–H groups in total. The van der Waals surface area contributed by atoms with Gasteiger partial charge in [-0.1, -0.05) is 11.6 Å². The molecule has 2 aliphatic heterocycles. The van der Waals surface area contributed by atoms with Crippen molar-refractivity contribution in [3.05, 3.63) is 33.8 Å². The Morgan fingerprint density at radius 1 is 1.26 bits per heavy atom. The Labute approximate surface area is 169 Å². The molecule has 0 aliphatic carbocycles. The van der Waals surface area contributed by atoms with Gasteiger partial charge >= 0.3 is 11.5 Å². The Morgan fingerprint density at radius 2 is 2.00 bits per heavy atom. The second kappa shape index (κ2) is 7.86. The predicted molar refractivity (Wildman–Crippen MR) is 103 cm³/mol. The molecule has 1 saturated heterocycles. The highest BCUT2D eigenvalue weighted by atomic mass is 35.5. The molecular weight excluding hydrogens is 391 g/mol. The van der Waals surface area contributed by atoms with Crippen LogP contribution in [0.5, 0.6) is 0 Å². The first kappa shape index (κ1) is 20.2. The van der Waals surface area contributed by atoms with E-state index >= 15 is 0 Å². The first-order chi connectivity index (χ1) is 12.7. The summed E-state index contributed by atoms with van der Waals surface area (Å²) in [5.41, 5.74) is 2.34. The lowest BCUT2D eigenvalue weighted by molar-refractivity contribution is -0.0334. The molecule has 0 spiro atoms. The van der Waals surface area contributed by atoms with Crippen LogP contribution in [0.4, 0.5) is 9.59 Å². The van der Waals surface area contributed by atoms with Crippen molar-refractivity contribution in [1.29, 1.82) is 0 Å². The highest BCUT2D eigenvalue weighted by Crippen LogP contribution is 2.35. The van der Waals surface area contributed by atoms with Crippen LogP contribution in [0.1, 0.15) is 43.5 Å². The van der Waals surface area contributed by atoms with Gasteiger partial charge in [-0.05, 0) is 67.6 Å². The maximum absolute atomic E-state index is 12.8. The van der Waals surface area contributed by atoms with Crippen molar-refractivity contribution >= 4 is 34.7 Å². The number of benzene rings is 1. The normalized spacial score (nSPS) is 20.3. The lowest BCUT2D eigenvalue weighted by Crippen LogP contribution is -2.46. The fourth-order valence-electron chi connectivity index (χ4n) is 3.51. The molecule has 1 aromatic carbocycles. The average Bonchev–Trinajstić information content (AvgIpc) is 2.59. The van der Waals surface area contributed by atoms with E-state index in [4.69, 9.17) is 32.7 Å². The number of halogens is 2. The van der Waals surface area contributed by atoms with Crippen LogP contribution in [0.15, 0.2) is 12.1 Å². The molecule has 27 heavy (non-hydrogen) atoms.